The molecular formula is C24H26ClN5O4S2. The summed E-state index contributed by atoms with van der Waals surface area (Å²) in [6.07, 6.45) is 5.15. The zero-order valence-electron chi connectivity index (χ0n) is 19.6. The van der Waals surface area contributed by atoms with Crippen LogP contribution in [0.4, 0.5) is 5.82 Å². The quantitative estimate of drug-likeness (QED) is 0.408. The molecule has 2 aliphatic rings. The van der Waals surface area contributed by atoms with Crippen molar-refractivity contribution in [3.8, 4) is 0 Å². The summed E-state index contributed by atoms with van der Waals surface area (Å²) in [5.41, 5.74) is 3.74. The first kappa shape index (κ1) is 25.2. The van der Waals surface area contributed by atoms with E-state index in [9.17, 15) is 13.2 Å². The van der Waals surface area contributed by atoms with Crippen LogP contribution in [-0.4, -0.2) is 48.8 Å². The molecule has 1 fully saturated rings. The summed E-state index contributed by atoms with van der Waals surface area (Å²) in [5, 5.41) is 8.27. The number of halogens is 1. The van der Waals surface area contributed by atoms with Crippen LogP contribution in [0.2, 0.25) is 4.34 Å². The van der Waals surface area contributed by atoms with Crippen molar-refractivity contribution in [1.29, 1.82) is 0 Å². The summed E-state index contributed by atoms with van der Waals surface area (Å²) in [4.78, 5) is 24.7. The lowest BCUT2D eigenvalue weighted by molar-refractivity contribution is 0.104. The standard InChI is InChI=1S/C24H26ClN5O4S2/c1-30-11-15-4-2-3-5-17(15)21(30)18-9-20(35-23(18)25)22(31)19-10-27-13-28-24(19)29-16-7-6-14(8-16)12-34-36(26,32)33/h2-5,9-10,13-14,16,21H,6-8,11-12H2,1H3,(H2,26,32,33)(H,27,28,29)/t14-,16+,21?/m1/s1. The first-order valence-corrected chi connectivity index (χ1v) is 14.2. The monoisotopic (exact) mass is 547 g/mol. The summed E-state index contributed by atoms with van der Waals surface area (Å²) >= 11 is 7.93. The Bertz CT molecular complexity index is 1400. The van der Waals surface area contributed by atoms with Crippen LogP contribution in [-0.2, 0) is 21.0 Å². The molecule has 3 atom stereocenters. The second-order valence-corrected chi connectivity index (χ2v) is 12.1. The van der Waals surface area contributed by atoms with Crippen LogP contribution in [0.3, 0.4) is 0 Å². The van der Waals surface area contributed by atoms with Gasteiger partial charge in [-0.05, 0) is 49.4 Å². The number of nitrogens with one attached hydrogen (secondary N) is 1. The van der Waals surface area contributed by atoms with E-state index >= 15 is 0 Å². The van der Waals surface area contributed by atoms with Crippen molar-refractivity contribution in [1.82, 2.24) is 14.9 Å². The van der Waals surface area contributed by atoms with Crippen LogP contribution in [0.25, 0.3) is 0 Å². The maximum absolute atomic E-state index is 13.5. The summed E-state index contributed by atoms with van der Waals surface area (Å²) in [6.45, 7) is 0.864. The van der Waals surface area contributed by atoms with Gasteiger partial charge in [0.2, 0.25) is 5.78 Å². The average Bonchev–Trinajstić information content (AvgIpc) is 3.53. The fourth-order valence-electron chi connectivity index (χ4n) is 5.11. The molecule has 1 aromatic carbocycles. The number of hydrogen-bond donors (Lipinski definition) is 2. The number of nitrogens with zero attached hydrogens (tertiary/aromatic N) is 3. The highest BCUT2D eigenvalue weighted by Gasteiger charge is 2.33. The molecule has 0 bridgehead atoms. The van der Waals surface area contributed by atoms with Crippen molar-refractivity contribution in [2.45, 2.75) is 37.9 Å². The highest BCUT2D eigenvalue weighted by Crippen LogP contribution is 2.43. The number of anilines is 1. The Morgan fingerprint density at radius 3 is 2.92 bits per heavy atom. The van der Waals surface area contributed by atoms with Gasteiger partial charge in [0, 0.05) is 24.3 Å². The summed E-state index contributed by atoms with van der Waals surface area (Å²) in [6, 6.07) is 10.2. The van der Waals surface area contributed by atoms with Crippen LogP contribution in [0.1, 0.15) is 57.2 Å². The van der Waals surface area contributed by atoms with Crippen molar-refractivity contribution in [3.63, 3.8) is 0 Å². The fourth-order valence-corrected chi connectivity index (χ4v) is 6.77. The van der Waals surface area contributed by atoms with Crippen molar-refractivity contribution < 1.29 is 17.4 Å². The Morgan fingerprint density at radius 2 is 2.11 bits per heavy atom. The molecule has 0 spiro atoms. The highest BCUT2D eigenvalue weighted by atomic mass is 35.5. The Kier molecular flexibility index (Phi) is 7.12. The van der Waals surface area contributed by atoms with Crippen LogP contribution >= 0.6 is 22.9 Å². The predicted molar refractivity (Wildman–Crippen MR) is 138 cm³/mol. The van der Waals surface area contributed by atoms with Gasteiger partial charge in [-0.15, -0.1) is 11.3 Å². The molecule has 5 rings (SSSR count). The molecule has 3 aromatic rings. The average molecular weight is 548 g/mol. The molecule has 2 aromatic heterocycles. The molecular weight excluding hydrogens is 522 g/mol. The topological polar surface area (TPSA) is 128 Å². The van der Waals surface area contributed by atoms with Crippen molar-refractivity contribution in [3.05, 3.63) is 74.3 Å². The first-order chi connectivity index (χ1) is 17.2. The lowest BCUT2D eigenvalue weighted by Gasteiger charge is -2.20. The van der Waals surface area contributed by atoms with Gasteiger partial charge in [0.25, 0.3) is 0 Å². The molecule has 0 saturated heterocycles. The molecule has 9 nitrogen and oxygen atoms in total. The third-order valence-electron chi connectivity index (χ3n) is 6.75. The lowest BCUT2D eigenvalue weighted by atomic mass is 9.99. The van der Waals surface area contributed by atoms with Gasteiger partial charge in [-0.3, -0.25) is 13.9 Å². The number of carbonyl (C=O) groups is 1. The summed E-state index contributed by atoms with van der Waals surface area (Å²) < 4.78 is 27.5. The largest absolute Gasteiger partial charge is 0.367 e. The van der Waals surface area contributed by atoms with E-state index in [4.69, 9.17) is 20.9 Å². The fraction of sp³-hybridized carbons (Fsp3) is 0.375. The third-order valence-corrected chi connectivity index (χ3v) is 8.60. The molecule has 1 aliphatic carbocycles. The summed E-state index contributed by atoms with van der Waals surface area (Å²) in [7, 11) is -1.91. The Labute approximate surface area is 218 Å². The number of rotatable bonds is 8. The van der Waals surface area contributed by atoms with Gasteiger partial charge < -0.3 is 5.32 Å². The minimum atomic E-state index is -3.96. The van der Waals surface area contributed by atoms with Crippen LogP contribution in [0, 0.1) is 5.92 Å². The maximum Gasteiger partial charge on any atom is 0.333 e. The van der Waals surface area contributed by atoms with E-state index < -0.39 is 10.3 Å². The van der Waals surface area contributed by atoms with E-state index in [0.29, 0.717) is 27.0 Å². The second-order valence-electron chi connectivity index (χ2n) is 9.27. The molecule has 190 valence electrons. The van der Waals surface area contributed by atoms with Gasteiger partial charge in [-0.2, -0.15) is 8.42 Å². The number of benzene rings is 1. The normalized spacial score (nSPS) is 22.0. The van der Waals surface area contributed by atoms with Gasteiger partial charge in [0.1, 0.15) is 12.1 Å². The molecule has 12 heteroatoms. The number of fused-ring (bicyclic) bond motifs is 1. The van der Waals surface area contributed by atoms with E-state index in [1.165, 1.54) is 35.0 Å². The zero-order chi connectivity index (χ0) is 25.4. The zero-order valence-corrected chi connectivity index (χ0v) is 21.9. The minimum absolute atomic E-state index is 0.00825. The number of hydrogen-bond acceptors (Lipinski definition) is 9. The van der Waals surface area contributed by atoms with E-state index in [2.05, 4.69) is 39.4 Å². The van der Waals surface area contributed by atoms with Gasteiger partial charge in [-0.25, -0.2) is 15.1 Å². The lowest BCUT2D eigenvalue weighted by Crippen LogP contribution is -2.22. The number of thiophene rings is 1. The minimum Gasteiger partial charge on any atom is -0.367 e. The van der Waals surface area contributed by atoms with E-state index in [1.54, 1.807) is 0 Å². The molecule has 3 N–H and O–H groups in total. The molecule has 0 amide bonds. The summed E-state index contributed by atoms with van der Waals surface area (Å²) in [5.74, 6) is 0.298. The second kappa shape index (κ2) is 10.2. The van der Waals surface area contributed by atoms with E-state index in [0.717, 1.165) is 24.9 Å². The van der Waals surface area contributed by atoms with Gasteiger partial charge in [0.15, 0.2) is 0 Å². The van der Waals surface area contributed by atoms with Gasteiger partial charge in [-0.1, -0.05) is 35.9 Å². The molecule has 36 heavy (non-hydrogen) atoms. The van der Waals surface area contributed by atoms with Gasteiger partial charge >= 0.3 is 10.3 Å². The smallest absolute Gasteiger partial charge is 0.333 e. The number of ketones is 1. The molecule has 0 radical (unpaired) electrons. The van der Waals surface area contributed by atoms with Crippen molar-refractivity contribution in [2.75, 3.05) is 19.0 Å². The number of aromatic nitrogens is 2. The molecule has 1 unspecified atom stereocenters. The van der Waals surface area contributed by atoms with Crippen molar-refractivity contribution >= 4 is 44.8 Å². The van der Waals surface area contributed by atoms with E-state index in [1.807, 2.05) is 18.2 Å². The predicted octanol–water partition coefficient (Wildman–Crippen LogP) is 3.76. The Morgan fingerprint density at radius 1 is 1.31 bits per heavy atom. The molecule has 3 heterocycles. The van der Waals surface area contributed by atoms with E-state index in [-0.39, 0.29) is 30.4 Å². The Hall–Kier alpha value is -2.41. The van der Waals surface area contributed by atoms with Crippen LogP contribution in [0.5, 0.6) is 0 Å². The first-order valence-electron chi connectivity index (χ1n) is 11.5. The van der Waals surface area contributed by atoms with Crippen LogP contribution in [0.15, 0.2) is 42.9 Å². The van der Waals surface area contributed by atoms with Crippen molar-refractivity contribution in [2.24, 2.45) is 11.1 Å². The SMILES string of the molecule is CN1Cc2ccccc2C1c1cc(C(=O)c2cncnc2N[C@H]2CC[C@@H](COS(N)(=O)=O)C2)sc1Cl. The number of carbonyl (C=O) groups excluding carboxylic acids is 1. The maximum atomic E-state index is 13.5. The molecule has 1 aliphatic heterocycles. The number of nitrogens with two attached hydrogens (primary N) is 1. The third kappa shape index (κ3) is 5.31. The Balaban J connectivity index is 1.34. The highest BCUT2D eigenvalue weighted by molar-refractivity contribution is 7.84. The van der Waals surface area contributed by atoms with Crippen LogP contribution < -0.4 is 10.5 Å². The molecule has 1 saturated carbocycles. The van der Waals surface area contributed by atoms with Gasteiger partial charge in [0.05, 0.1) is 27.4 Å².